The molecule has 7 rings (SSSR count). The molecule has 0 aliphatic rings. The Morgan fingerprint density at radius 2 is 1.48 bits per heavy atom. The van der Waals surface area contributed by atoms with E-state index in [-0.39, 0.29) is 21.1 Å². The van der Waals surface area contributed by atoms with E-state index in [1.807, 2.05) is 6.20 Å². The molecule has 3 aromatic heterocycles. The van der Waals surface area contributed by atoms with E-state index in [0.717, 1.165) is 22.5 Å². The van der Waals surface area contributed by atoms with Crippen molar-refractivity contribution in [3.05, 3.63) is 121 Å². The predicted molar refractivity (Wildman–Crippen MR) is 174 cm³/mol. The Hall–Kier alpha value is -3.79. The first-order valence-corrected chi connectivity index (χ1v) is 17.2. The Morgan fingerprint density at radius 1 is 0.762 bits per heavy atom. The molecule has 3 heterocycles. The van der Waals surface area contributed by atoms with Crippen molar-refractivity contribution in [1.82, 2.24) is 18.7 Å². The van der Waals surface area contributed by atoms with Crippen LogP contribution in [0, 0.1) is 12.1 Å². The minimum absolute atomic E-state index is 0. The monoisotopic (exact) mass is 744 g/mol. The van der Waals surface area contributed by atoms with Crippen LogP contribution >= 0.6 is 0 Å². The first kappa shape index (κ1) is 28.3. The van der Waals surface area contributed by atoms with Crippen molar-refractivity contribution in [3.8, 4) is 11.5 Å². The van der Waals surface area contributed by atoms with Crippen LogP contribution in [0.15, 0.2) is 104 Å². The number of benzene rings is 4. The largest absolute Gasteiger partial charge is 0.319 e. The maximum Gasteiger partial charge on any atom is 0.188 e. The summed E-state index contributed by atoms with van der Waals surface area (Å²) in [5.41, 5.74) is 6.96. The molecule has 0 saturated carbocycles. The summed E-state index contributed by atoms with van der Waals surface area (Å²) in [6.07, 6.45) is 4.07. The Labute approximate surface area is 262 Å². The van der Waals surface area contributed by atoms with Crippen LogP contribution in [0.4, 0.5) is 0 Å². The molecule has 0 fully saturated rings. The molecular weight excluding hydrogens is 712 g/mol. The second kappa shape index (κ2) is 10.8. The molecule has 0 unspecified atom stereocenters. The number of aromatic nitrogens is 4. The van der Waals surface area contributed by atoms with Crippen LogP contribution in [0.2, 0.25) is 13.1 Å². The molecule has 212 valence electrons. The average Bonchev–Trinajstić information content (AvgIpc) is 3.52. The van der Waals surface area contributed by atoms with E-state index >= 15 is 0 Å². The topological polar surface area (TPSA) is 27.7 Å². The van der Waals surface area contributed by atoms with Crippen molar-refractivity contribution in [2.24, 2.45) is 7.05 Å². The summed E-state index contributed by atoms with van der Waals surface area (Å²) < 4.78 is 6.69. The van der Waals surface area contributed by atoms with Gasteiger partial charge in [0.05, 0.1) is 8.07 Å². The first-order chi connectivity index (χ1) is 19.8. The van der Waals surface area contributed by atoms with E-state index < -0.39 is 8.07 Å². The fourth-order valence-electron chi connectivity index (χ4n) is 5.97. The van der Waals surface area contributed by atoms with E-state index in [4.69, 9.17) is 4.98 Å². The number of nitrogens with zero attached hydrogens (tertiary/aromatic N) is 4. The molecule has 6 heteroatoms. The second-order valence-electron chi connectivity index (χ2n) is 11.7. The molecule has 4 nitrogen and oxygen atoms in total. The zero-order valence-electron chi connectivity index (χ0n) is 24.5. The van der Waals surface area contributed by atoms with Crippen LogP contribution in [-0.4, -0.2) is 26.8 Å². The summed E-state index contributed by atoms with van der Waals surface area (Å²) in [6.45, 7) is 9.26. The van der Waals surface area contributed by atoms with Crippen molar-refractivity contribution in [2.45, 2.75) is 32.9 Å². The summed E-state index contributed by atoms with van der Waals surface area (Å²) in [4.78, 5) is 4.83. The Bertz CT molecular complexity index is 2090. The van der Waals surface area contributed by atoms with Crippen LogP contribution in [0.1, 0.15) is 25.3 Å². The molecule has 0 aliphatic heterocycles. The zero-order valence-corrected chi connectivity index (χ0v) is 27.8. The van der Waals surface area contributed by atoms with Crippen molar-refractivity contribution >= 4 is 51.3 Å². The Morgan fingerprint density at radius 3 is 2.26 bits per heavy atom. The number of para-hydroxylation sites is 3. The standard InChI is InChI=1S/C36H33N4Si.Pt/c1-25(2)26-19-20-37-36(21-26)40-32-14-7-6-13-30(32)31-18-17-29(23-35(31)40)41(4,5)28-12-10-11-27(22-28)39-24-38(3)33-15-8-9-16-34(33)39;/h6-21,24-25H,1-5H3;/q-1;. The van der Waals surface area contributed by atoms with E-state index in [1.54, 1.807) is 0 Å². The maximum absolute atomic E-state index is 4.83. The predicted octanol–water partition coefficient (Wildman–Crippen LogP) is 7.29. The number of hydrogen-bond donors (Lipinski definition) is 0. The summed E-state index contributed by atoms with van der Waals surface area (Å²) in [5.74, 6) is 1.37. The van der Waals surface area contributed by atoms with Crippen LogP contribution < -0.4 is 10.4 Å². The van der Waals surface area contributed by atoms with Crippen molar-refractivity contribution in [1.29, 1.82) is 0 Å². The van der Waals surface area contributed by atoms with Crippen molar-refractivity contribution in [2.75, 3.05) is 0 Å². The number of fused-ring (bicyclic) bond motifs is 4. The molecule has 0 N–H and O–H groups in total. The van der Waals surface area contributed by atoms with Gasteiger partial charge in [0.2, 0.25) is 0 Å². The normalized spacial score (nSPS) is 12.0. The Balaban J connectivity index is 0.00000316. The van der Waals surface area contributed by atoms with Gasteiger partial charge in [-0.15, -0.1) is 17.5 Å². The Kier molecular flexibility index (Phi) is 7.28. The molecule has 0 amide bonds. The third kappa shape index (κ3) is 4.56. The molecule has 0 bridgehead atoms. The van der Waals surface area contributed by atoms with E-state index in [1.165, 1.54) is 37.7 Å². The second-order valence-corrected chi connectivity index (χ2v) is 16.1. The number of pyridine rings is 1. The summed E-state index contributed by atoms with van der Waals surface area (Å²) in [6, 6.07) is 40.3. The number of rotatable bonds is 5. The van der Waals surface area contributed by atoms with E-state index in [2.05, 4.69) is 157 Å². The minimum Gasteiger partial charge on any atom is -0.319 e. The average molecular weight is 745 g/mol. The van der Waals surface area contributed by atoms with Crippen LogP contribution in [-0.2, 0) is 28.1 Å². The minimum atomic E-state index is -2.16. The third-order valence-electron chi connectivity index (χ3n) is 8.44. The maximum atomic E-state index is 4.83. The van der Waals surface area contributed by atoms with Gasteiger partial charge in [-0.25, -0.2) is 14.1 Å². The molecule has 0 spiro atoms. The molecule has 0 aliphatic carbocycles. The van der Waals surface area contributed by atoms with Crippen LogP contribution in [0.25, 0.3) is 44.3 Å². The molecule has 4 aromatic carbocycles. The van der Waals surface area contributed by atoms with Gasteiger partial charge in [-0.05, 0) is 47.2 Å². The van der Waals surface area contributed by atoms with Gasteiger partial charge in [0.25, 0.3) is 0 Å². The van der Waals surface area contributed by atoms with Crippen LogP contribution in [0.5, 0.6) is 0 Å². The molecule has 0 saturated heterocycles. The number of imidazole rings is 1. The SMILES string of the molecule is CC(C)c1ccnc(-n2c3[c-]c([Si](C)(C)c4[c-]c(-n5[cH+]n(C)c6ccccc65)ccc4)ccc3c3ccccc32)c1.[Pt]. The van der Waals surface area contributed by atoms with Gasteiger partial charge < -0.3 is 4.57 Å². The smallest absolute Gasteiger partial charge is 0.188 e. The molecule has 42 heavy (non-hydrogen) atoms. The molecule has 0 atom stereocenters. The van der Waals surface area contributed by atoms with E-state index in [9.17, 15) is 0 Å². The third-order valence-corrected chi connectivity index (χ3v) is 11.7. The number of aryl methyl sites for hydroxylation is 1. The summed E-state index contributed by atoms with van der Waals surface area (Å²) in [5, 5.41) is 4.94. The van der Waals surface area contributed by atoms with Gasteiger partial charge >= 0.3 is 0 Å². The fraction of sp³-hybridized carbons (Fsp3) is 0.167. The van der Waals surface area contributed by atoms with Gasteiger partial charge in [0.15, 0.2) is 17.4 Å². The fourth-order valence-corrected chi connectivity index (χ4v) is 8.15. The van der Waals surface area contributed by atoms with Gasteiger partial charge in [-0.2, -0.15) is 40.7 Å². The van der Waals surface area contributed by atoms with Gasteiger partial charge in [0, 0.05) is 57.6 Å². The van der Waals surface area contributed by atoms with Gasteiger partial charge in [-0.1, -0.05) is 50.7 Å². The quantitative estimate of drug-likeness (QED) is 0.135. The summed E-state index contributed by atoms with van der Waals surface area (Å²) in [7, 11) is -0.0707. The molecular formula is C36H33N4PtSi-. The summed E-state index contributed by atoms with van der Waals surface area (Å²) >= 11 is 0. The molecule has 7 aromatic rings. The van der Waals surface area contributed by atoms with E-state index in [0.29, 0.717) is 5.92 Å². The van der Waals surface area contributed by atoms with Gasteiger partial charge in [0.1, 0.15) is 5.82 Å². The van der Waals surface area contributed by atoms with Gasteiger partial charge in [-0.3, -0.25) is 0 Å². The zero-order chi connectivity index (χ0) is 28.3. The van der Waals surface area contributed by atoms with Crippen molar-refractivity contribution < 1.29 is 21.1 Å². The van der Waals surface area contributed by atoms with Crippen molar-refractivity contribution in [3.63, 3.8) is 0 Å². The first-order valence-electron chi connectivity index (χ1n) is 14.2. The van der Waals surface area contributed by atoms with Crippen LogP contribution in [0.3, 0.4) is 0 Å². The molecule has 0 radical (unpaired) electrons. The number of hydrogen-bond acceptors (Lipinski definition) is 1.